The molecule has 0 radical (unpaired) electrons. The number of pyridine rings is 1. The third kappa shape index (κ3) is 4.07. The summed E-state index contributed by atoms with van der Waals surface area (Å²) in [6.45, 7) is 6.36. The smallest absolute Gasteiger partial charge is 0.360 e. The third-order valence-corrected chi connectivity index (χ3v) is 4.65. The second-order valence-corrected chi connectivity index (χ2v) is 6.33. The first-order valence-corrected chi connectivity index (χ1v) is 9.26. The van der Waals surface area contributed by atoms with Gasteiger partial charge in [0.25, 0.3) is 0 Å². The molecule has 6 heteroatoms. The molecule has 146 valence electrons. The third-order valence-electron chi connectivity index (χ3n) is 4.65. The van der Waals surface area contributed by atoms with Crippen LogP contribution >= 0.6 is 0 Å². The zero-order valence-corrected chi connectivity index (χ0v) is 16.3. The Kier molecular flexibility index (Phi) is 6.11. The predicted molar refractivity (Wildman–Crippen MR) is 108 cm³/mol. The van der Waals surface area contributed by atoms with Gasteiger partial charge in [0.2, 0.25) is 0 Å². The Labute approximate surface area is 164 Å². The number of aromatic hydroxyl groups is 1. The molecular formula is C22H24N2O4. The molecular weight excluding hydrogens is 356 g/mol. The van der Waals surface area contributed by atoms with E-state index in [4.69, 9.17) is 9.47 Å². The summed E-state index contributed by atoms with van der Waals surface area (Å²) >= 11 is 0. The van der Waals surface area contributed by atoms with Crippen LogP contribution in [-0.4, -0.2) is 41.2 Å². The molecule has 0 aliphatic rings. The molecule has 0 saturated heterocycles. The number of hydrogen-bond acceptors (Lipinski definition) is 6. The van der Waals surface area contributed by atoms with Crippen LogP contribution in [0.15, 0.2) is 48.5 Å². The summed E-state index contributed by atoms with van der Waals surface area (Å²) in [5.41, 5.74) is 0.615. The van der Waals surface area contributed by atoms with E-state index in [-0.39, 0.29) is 11.4 Å². The van der Waals surface area contributed by atoms with Gasteiger partial charge in [-0.05, 0) is 43.4 Å². The number of methoxy groups -OCH3 is 1. The quantitative estimate of drug-likeness (QED) is 0.614. The van der Waals surface area contributed by atoms with Gasteiger partial charge in [-0.3, -0.25) is 4.90 Å². The maximum Gasteiger partial charge on any atom is 0.360 e. The maximum atomic E-state index is 12.1. The highest BCUT2D eigenvalue weighted by atomic mass is 16.5. The van der Waals surface area contributed by atoms with Gasteiger partial charge in [0.15, 0.2) is 11.4 Å². The van der Waals surface area contributed by atoms with Gasteiger partial charge in [-0.2, -0.15) is 0 Å². The highest BCUT2D eigenvalue weighted by Gasteiger charge is 2.21. The maximum absolute atomic E-state index is 12.1. The first-order valence-electron chi connectivity index (χ1n) is 9.26. The van der Waals surface area contributed by atoms with E-state index in [0.717, 1.165) is 24.2 Å². The van der Waals surface area contributed by atoms with Crippen LogP contribution in [0.25, 0.3) is 10.8 Å². The van der Waals surface area contributed by atoms with Crippen molar-refractivity contribution in [1.82, 2.24) is 9.88 Å². The Hall–Kier alpha value is -3.12. The Bertz CT molecular complexity index is 969. The lowest BCUT2D eigenvalue weighted by Crippen LogP contribution is -2.23. The molecule has 28 heavy (non-hydrogen) atoms. The van der Waals surface area contributed by atoms with Gasteiger partial charge < -0.3 is 14.6 Å². The molecule has 1 heterocycles. The van der Waals surface area contributed by atoms with Crippen LogP contribution in [0.3, 0.4) is 0 Å². The van der Waals surface area contributed by atoms with Crippen LogP contribution in [0.4, 0.5) is 0 Å². The lowest BCUT2D eigenvalue weighted by molar-refractivity contribution is 0.0590. The van der Waals surface area contributed by atoms with Crippen LogP contribution < -0.4 is 4.74 Å². The lowest BCUT2D eigenvalue weighted by Gasteiger charge is -2.20. The minimum Gasteiger partial charge on any atom is -0.505 e. The molecule has 0 bridgehead atoms. The van der Waals surface area contributed by atoms with Crippen molar-refractivity contribution < 1.29 is 19.4 Å². The zero-order chi connectivity index (χ0) is 20.1. The van der Waals surface area contributed by atoms with E-state index in [2.05, 4.69) is 23.7 Å². The number of fused-ring (bicyclic) bond motifs is 1. The average Bonchev–Trinajstić information content (AvgIpc) is 2.73. The predicted octanol–water partition coefficient (Wildman–Crippen LogP) is 4.36. The normalized spacial score (nSPS) is 11.0. The molecule has 3 rings (SSSR count). The van der Waals surface area contributed by atoms with E-state index in [9.17, 15) is 9.90 Å². The molecule has 2 aromatic carbocycles. The van der Waals surface area contributed by atoms with E-state index in [1.165, 1.54) is 7.11 Å². The minimum atomic E-state index is -0.662. The topological polar surface area (TPSA) is 71.9 Å². The average molecular weight is 380 g/mol. The van der Waals surface area contributed by atoms with Crippen molar-refractivity contribution in [2.24, 2.45) is 0 Å². The minimum absolute atomic E-state index is 0.0751. The summed E-state index contributed by atoms with van der Waals surface area (Å²) in [7, 11) is 1.27. The molecule has 0 saturated carbocycles. The zero-order valence-electron chi connectivity index (χ0n) is 16.3. The number of para-hydroxylation sites is 1. The second kappa shape index (κ2) is 8.71. The standard InChI is InChI=1S/C22H24N2O4/c1-4-24(5-2)14-19-18-13-16(28-15-9-7-6-8-10-15)11-12-17(18)21(25)20(23-19)22(26)27-3/h6-13,25H,4-5,14H2,1-3H3. The highest BCUT2D eigenvalue weighted by Crippen LogP contribution is 2.34. The van der Waals surface area contributed by atoms with Crippen LogP contribution in [0.2, 0.25) is 0 Å². The molecule has 1 aromatic heterocycles. The van der Waals surface area contributed by atoms with Crippen molar-refractivity contribution in [3.8, 4) is 17.2 Å². The summed E-state index contributed by atoms with van der Waals surface area (Å²) in [6.07, 6.45) is 0. The Balaban J connectivity index is 2.12. The van der Waals surface area contributed by atoms with Gasteiger partial charge in [0.1, 0.15) is 11.5 Å². The van der Waals surface area contributed by atoms with E-state index < -0.39 is 5.97 Å². The Morgan fingerprint density at radius 2 is 1.75 bits per heavy atom. The largest absolute Gasteiger partial charge is 0.505 e. The summed E-state index contributed by atoms with van der Waals surface area (Å²) < 4.78 is 10.7. The van der Waals surface area contributed by atoms with Gasteiger partial charge >= 0.3 is 5.97 Å². The van der Waals surface area contributed by atoms with E-state index in [0.29, 0.717) is 23.4 Å². The molecule has 0 amide bonds. The molecule has 0 aliphatic heterocycles. The van der Waals surface area contributed by atoms with Crippen molar-refractivity contribution in [3.63, 3.8) is 0 Å². The molecule has 0 unspecified atom stereocenters. The summed E-state index contributed by atoms with van der Waals surface area (Å²) in [4.78, 5) is 18.7. The molecule has 3 aromatic rings. The number of rotatable bonds is 7. The first kappa shape index (κ1) is 19.6. The Morgan fingerprint density at radius 1 is 1.04 bits per heavy atom. The van der Waals surface area contributed by atoms with Gasteiger partial charge in [0, 0.05) is 17.3 Å². The molecule has 0 fully saturated rings. The number of ether oxygens (including phenoxy) is 2. The van der Waals surface area contributed by atoms with Crippen molar-refractivity contribution in [1.29, 1.82) is 0 Å². The monoisotopic (exact) mass is 380 g/mol. The Morgan fingerprint density at radius 3 is 2.39 bits per heavy atom. The highest BCUT2D eigenvalue weighted by molar-refractivity contribution is 6.00. The number of esters is 1. The number of carbonyl (C=O) groups is 1. The molecule has 0 aliphatic carbocycles. The summed E-state index contributed by atoms with van der Waals surface area (Å²) in [5, 5.41) is 11.9. The van der Waals surface area contributed by atoms with Crippen molar-refractivity contribution in [2.45, 2.75) is 20.4 Å². The van der Waals surface area contributed by atoms with E-state index >= 15 is 0 Å². The van der Waals surface area contributed by atoms with Crippen LogP contribution in [-0.2, 0) is 11.3 Å². The number of carbonyl (C=O) groups excluding carboxylic acids is 1. The van der Waals surface area contributed by atoms with Crippen LogP contribution in [0.1, 0.15) is 30.0 Å². The number of aromatic nitrogens is 1. The van der Waals surface area contributed by atoms with Gasteiger partial charge in [-0.1, -0.05) is 32.0 Å². The molecule has 0 atom stereocenters. The molecule has 6 nitrogen and oxygen atoms in total. The van der Waals surface area contributed by atoms with Gasteiger partial charge in [-0.25, -0.2) is 9.78 Å². The van der Waals surface area contributed by atoms with Crippen LogP contribution in [0.5, 0.6) is 17.2 Å². The number of benzene rings is 2. The van der Waals surface area contributed by atoms with Gasteiger partial charge in [-0.15, -0.1) is 0 Å². The fraction of sp³-hybridized carbons (Fsp3) is 0.273. The van der Waals surface area contributed by atoms with E-state index in [1.54, 1.807) is 12.1 Å². The van der Waals surface area contributed by atoms with Crippen molar-refractivity contribution >= 4 is 16.7 Å². The fourth-order valence-corrected chi connectivity index (χ4v) is 3.05. The van der Waals surface area contributed by atoms with Crippen LogP contribution in [0, 0.1) is 0 Å². The molecule has 0 spiro atoms. The fourth-order valence-electron chi connectivity index (χ4n) is 3.05. The number of hydrogen-bond donors (Lipinski definition) is 1. The first-order chi connectivity index (χ1) is 13.6. The van der Waals surface area contributed by atoms with Crippen molar-refractivity contribution in [2.75, 3.05) is 20.2 Å². The molecule has 1 N–H and O–H groups in total. The summed E-state index contributed by atoms with van der Waals surface area (Å²) in [6, 6.07) is 14.8. The lowest BCUT2D eigenvalue weighted by atomic mass is 10.1. The summed E-state index contributed by atoms with van der Waals surface area (Å²) in [5.74, 6) is 0.503. The number of nitrogens with zero attached hydrogens (tertiary/aromatic N) is 2. The van der Waals surface area contributed by atoms with E-state index in [1.807, 2.05) is 36.4 Å². The van der Waals surface area contributed by atoms with Gasteiger partial charge in [0.05, 0.1) is 12.8 Å². The SMILES string of the molecule is CCN(CC)Cc1nc(C(=O)OC)c(O)c2ccc(Oc3ccccc3)cc12. The second-order valence-electron chi connectivity index (χ2n) is 6.33. The van der Waals surface area contributed by atoms with Crippen molar-refractivity contribution in [3.05, 3.63) is 59.9 Å².